The average molecular weight is 224 g/mol. The van der Waals surface area contributed by atoms with Gasteiger partial charge in [-0.15, -0.1) is 0 Å². The molecular weight excluding hydrogens is 204 g/mol. The van der Waals surface area contributed by atoms with Gasteiger partial charge in [-0.05, 0) is 35.1 Å². The molecule has 3 N–H and O–H groups in total. The Bertz CT molecular complexity index is 338. The molecule has 90 valence electrons. The van der Waals surface area contributed by atoms with Gasteiger partial charge in [0.15, 0.2) is 6.29 Å². The van der Waals surface area contributed by atoms with Crippen molar-refractivity contribution >= 4 is 0 Å². The lowest BCUT2D eigenvalue weighted by molar-refractivity contribution is -0.0426. The Morgan fingerprint density at radius 2 is 1.25 bits per heavy atom. The molecule has 0 radical (unpaired) electrons. The van der Waals surface area contributed by atoms with E-state index in [1.165, 1.54) is 0 Å². The van der Waals surface area contributed by atoms with Crippen molar-refractivity contribution in [1.29, 1.82) is 0 Å². The zero-order valence-electron chi connectivity index (χ0n) is 10.2. The summed E-state index contributed by atoms with van der Waals surface area (Å²) in [6.07, 6.45) is -1.49. The number of phenolic OH excluding ortho intramolecular Hbond substituents is 1. The van der Waals surface area contributed by atoms with Crippen molar-refractivity contribution in [2.75, 3.05) is 0 Å². The number of benzene rings is 1. The minimum absolute atomic E-state index is 0.149. The number of phenols is 1. The Balaban J connectivity index is 3.39. The Labute approximate surface area is 96.4 Å². The van der Waals surface area contributed by atoms with Gasteiger partial charge in [0, 0.05) is 5.56 Å². The van der Waals surface area contributed by atoms with Crippen LogP contribution in [-0.2, 0) is 0 Å². The maximum absolute atomic E-state index is 10.1. The SMILES string of the molecule is CC(C)c1cc(C(O)O)cc(C(C)C)c1O. The minimum atomic E-state index is -1.49. The summed E-state index contributed by atoms with van der Waals surface area (Å²) in [6.45, 7) is 7.86. The second kappa shape index (κ2) is 4.85. The highest BCUT2D eigenvalue weighted by molar-refractivity contribution is 5.47. The van der Waals surface area contributed by atoms with Crippen molar-refractivity contribution < 1.29 is 15.3 Å². The number of aliphatic hydroxyl groups is 2. The quantitative estimate of drug-likeness (QED) is 0.692. The maximum atomic E-state index is 10.1. The Morgan fingerprint density at radius 1 is 0.875 bits per heavy atom. The van der Waals surface area contributed by atoms with Crippen molar-refractivity contribution in [2.24, 2.45) is 0 Å². The van der Waals surface area contributed by atoms with Gasteiger partial charge in [-0.3, -0.25) is 0 Å². The maximum Gasteiger partial charge on any atom is 0.178 e. The van der Waals surface area contributed by atoms with Crippen molar-refractivity contribution in [3.05, 3.63) is 28.8 Å². The van der Waals surface area contributed by atoms with Crippen LogP contribution in [0.5, 0.6) is 5.75 Å². The van der Waals surface area contributed by atoms with E-state index in [1.54, 1.807) is 12.1 Å². The predicted molar refractivity (Wildman–Crippen MR) is 63.5 cm³/mol. The first-order valence-corrected chi connectivity index (χ1v) is 5.57. The average Bonchev–Trinajstić information content (AvgIpc) is 2.16. The molecule has 1 rings (SSSR count). The second-order valence-corrected chi connectivity index (χ2v) is 4.73. The van der Waals surface area contributed by atoms with E-state index in [2.05, 4.69) is 0 Å². The van der Waals surface area contributed by atoms with Crippen LogP contribution in [0.15, 0.2) is 12.1 Å². The van der Waals surface area contributed by atoms with Gasteiger partial charge >= 0.3 is 0 Å². The molecule has 0 unspecified atom stereocenters. The summed E-state index contributed by atoms with van der Waals surface area (Å²) in [5.41, 5.74) is 1.95. The van der Waals surface area contributed by atoms with Gasteiger partial charge in [0.25, 0.3) is 0 Å². The van der Waals surface area contributed by atoms with Gasteiger partial charge in [-0.1, -0.05) is 27.7 Å². The van der Waals surface area contributed by atoms with E-state index < -0.39 is 6.29 Å². The lowest BCUT2D eigenvalue weighted by Gasteiger charge is -2.18. The van der Waals surface area contributed by atoms with Crippen LogP contribution in [0.4, 0.5) is 0 Å². The van der Waals surface area contributed by atoms with Gasteiger partial charge in [-0.25, -0.2) is 0 Å². The molecule has 0 saturated heterocycles. The third kappa shape index (κ3) is 2.54. The van der Waals surface area contributed by atoms with E-state index in [9.17, 15) is 15.3 Å². The number of aliphatic hydroxyl groups excluding tert-OH is 1. The summed E-state index contributed by atoms with van der Waals surface area (Å²) in [4.78, 5) is 0. The molecule has 0 aliphatic rings. The van der Waals surface area contributed by atoms with Gasteiger partial charge in [-0.2, -0.15) is 0 Å². The highest BCUT2D eigenvalue weighted by atomic mass is 16.5. The minimum Gasteiger partial charge on any atom is -0.507 e. The fourth-order valence-electron chi connectivity index (χ4n) is 1.73. The fourth-order valence-corrected chi connectivity index (χ4v) is 1.73. The first kappa shape index (κ1) is 13.0. The first-order chi connectivity index (χ1) is 7.34. The van der Waals surface area contributed by atoms with E-state index in [0.717, 1.165) is 11.1 Å². The monoisotopic (exact) mass is 224 g/mol. The zero-order chi connectivity index (χ0) is 12.5. The normalized spacial score (nSPS) is 11.8. The molecule has 0 heterocycles. The Morgan fingerprint density at radius 3 is 1.50 bits per heavy atom. The summed E-state index contributed by atoms with van der Waals surface area (Å²) in [5, 5.41) is 28.5. The van der Waals surface area contributed by atoms with Crippen LogP contribution in [0.2, 0.25) is 0 Å². The van der Waals surface area contributed by atoms with Gasteiger partial charge < -0.3 is 15.3 Å². The molecular formula is C13H20O3. The van der Waals surface area contributed by atoms with E-state index in [1.807, 2.05) is 27.7 Å². The van der Waals surface area contributed by atoms with Crippen molar-refractivity contribution in [2.45, 2.75) is 45.8 Å². The molecule has 3 nitrogen and oxygen atoms in total. The van der Waals surface area contributed by atoms with Crippen LogP contribution in [-0.4, -0.2) is 15.3 Å². The standard InChI is InChI=1S/C13H20O3/c1-7(2)10-5-9(13(15)16)6-11(8(3)4)12(10)14/h5-8,13-16H,1-4H3. The van der Waals surface area contributed by atoms with Crippen molar-refractivity contribution in [1.82, 2.24) is 0 Å². The molecule has 0 atom stereocenters. The smallest absolute Gasteiger partial charge is 0.178 e. The van der Waals surface area contributed by atoms with E-state index in [4.69, 9.17) is 0 Å². The van der Waals surface area contributed by atoms with Crippen LogP contribution in [0, 0.1) is 0 Å². The molecule has 0 aliphatic heterocycles. The predicted octanol–water partition coefficient (Wildman–Crippen LogP) is 2.62. The second-order valence-electron chi connectivity index (χ2n) is 4.73. The summed E-state index contributed by atoms with van der Waals surface area (Å²) >= 11 is 0. The highest BCUT2D eigenvalue weighted by Gasteiger charge is 2.17. The summed E-state index contributed by atoms with van der Waals surface area (Å²) < 4.78 is 0. The van der Waals surface area contributed by atoms with E-state index in [0.29, 0.717) is 5.56 Å². The van der Waals surface area contributed by atoms with Gasteiger partial charge in [0.2, 0.25) is 0 Å². The lowest BCUT2D eigenvalue weighted by Crippen LogP contribution is -2.02. The molecule has 16 heavy (non-hydrogen) atoms. The van der Waals surface area contributed by atoms with Gasteiger partial charge in [0.1, 0.15) is 5.75 Å². The molecule has 0 aromatic heterocycles. The molecule has 0 saturated carbocycles. The third-order valence-electron chi connectivity index (χ3n) is 2.73. The molecule has 0 aliphatic carbocycles. The fraction of sp³-hybridized carbons (Fsp3) is 0.538. The third-order valence-corrected chi connectivity index (χ3v) is 2.73. The molecule has 0 fully saturated rings. The topological polar surface area (TPSA) is 60.7 Å². The Hall–Kier alpha value is -1.06. The lowest BCUT2D eigenvalue weighted by atomic mass is 9.91. The van der Waals surface area contributed by atoms with Crippen LogP contribution < -0.4 is 0 Å². The Kier molecular flexibility index (Phi) is 3.94. The molecule has 1 aromatic rings. The van der Waals surface area contributed by atoms with Crippen LogP contribution in [0.3, 0.4) is 0 Å². The molecule has 0 amide bonds. The summed E-state index contributed by atoms with van der Waals surface area (Å²) in [5.74, 6) is 0.571. The molecule has 3 heteroatoms. The van der Waals surface area contributed by atoms with Crippen molar-refractivity contribution in [3.63, 3.8) is 0 Å². The molecule has 1 aromatic carbocycles. The molecule has 0 spiro atoms. The van der Waals surface area contributed by atoms with Gasteiger partial charge in [0.05, 0.1) is 0 Å². The highest BCUT2D eigenvalue weighted by Crippen LogP contribution is 2.35. The largest absolute Gasteiger partial charge is 0.507 e. The van der Waals surface area contributed by atoms with Crippen molar-refractivity contribution in [3.8, 4) is 5.75 Å². The summed E-state index contributed by atoms with van der Waals surface area (Å²) in [6, 6.07) is 3.30. The summed E-state index contributed by atoms with van der Waals surface area (Å²) in [7, 11) is 0. The van der Waals surface area contributed by atoms with Crippen LogP contribution in [0.25, 0.3) is 0 Å². The van der Waals surface area contributed by atoms with E-state index >= 15 is 0 Å². The van der Waals surface area contributed by atoms with Crippen LogP contribution >= 0.6 is 0 Å². The van der Waals surface area contributed by atoms with E-state index in [-0.39, 0.29) is 17.6 Å². The molecule has 0 bridgehead atoms. The van der Waals surface area contributed by atoms with Crippen LogP contribution in [0.1, 0.15) is 62.5 Å². The number of aromatic hydroxyl groups is 1. The first-order valence-electron chi connectivity index (χ1n) is 5.57. The number of hydrogen-bond donors (Lipinski definition) is 3. The number of hydrogen-bond acceptors (Lipinski definition) is 3. The zero-order valence-corrected chi connectivity index (χ0v) is 10.2. The number of rotatable bonds is 3.